The van der Waals surface area contributed by atoms with Gasteiger partial charge in [-0.05, 0) is 23.5 Å². The van der Waals surface area contributed by atoms with E-state index in [1.54, 1.807) is 0 Å². The predicted molar refractivity (Wildman–Crippen MR) is 91.0 cm³/mol. The van der Waals surface area contributed by atoms with Crippen molar-refractivity contribution in [2.45, 2.75) is 38.5 Å². The number of benzene rings is 2. The number of cyclic esters (lactones) is 1. The van der Waals surface area contributed by atoms with E-state index in [4.69, 9.17) is 4.74 Å². The molecular weight excluding hydrogens is 286 g/mol. The van der Waals surface area contributed by atoms with Crippen molar-refractivity contribution in [2.24, 2.45) is 5.92 Å². The fraction of sp³-hybridized carbons (Fsp3) is 0.350. The van der Waals surface area contributed by atoms with Gasteiger partial charge in [0.15, 0.2) is 0 Å². The van der Waals surface area contributed by atoms with Gasteiger partial charge in [-0.1, -0.05) is 74.5 Å². The van der Waals surface area contributed by atoms with Crippen LogP contribution in [-0.2, 0) is 16.0 Å². The molecule has 1 heterocycles. The van der Waals surface area contributed by atoms with E-state index in [-0.39, 0.29) is 30.1 Å². The number of ether oxygens (including phenoxy) is 1. The average molecular weight is 309 g/mol. The highest BCUT2D eigenvalue weighted by atomic mass is 16.5. The number of hydrogen-bond acceptors (Lipinski definition) is 3. The highest BCUT2D eigenvalue weighted by molar-refractivity contribution is 5.77. The van der Waals surface area contributed by atoms with Crippen molar-refractivity contribution in [3.63, 3.8) is 0 Å². The molecule has 3 nitrogen and oxygen atoms in total. The summed E-state index contributed by atoms with van der Waals surface area (Å²) in [7, 11) is 0. The van der Waals surface area contributed by atoms with Crippen molar-refractivity contribution in [1.82, 2.24) is 5.32 Å². The van der Waals surface area contributed by atoms with E-state index in [1.807, 2.05) is 48.5 Å². The van der Waals surface area contributed by atoms with Crippen LogP contribution in [0.25, 0.3) is 0 Å². The lowest BCUT2D eigenvalue weighted by Gasteiger charge is -2.39. The van der Waals surface area contributed by atoms with Crippen molar-refractivity contribution in [3.05, 3.63) is 71.8 Å². The van der Waals surface area contributed by atoms with E-state index in [0.29, 0.717) is 6.42 Å². The number of hydrogen-bond donors (Lipinski definition) is 1. The van der Waals surface area contributed by atoms with E-state index in [1.165, 1.54) is 0 Å². The second-order valence-electron chi connectivity index (χ2n) is 6.44. The summed E-state index contributed by atoms with van der Waals surface area (Å²) in [5, 5.41) is 3.52. The fourth-order valence-corrected chi connectivity index (χ4v) is 3.12. The normalized spacial score (nSPS) is 24.5. The zero-order valence-corrected chi connectivity index (χ0v) is 13.6. The van der Waals surface area contributed by atoms with Crippen molar-refractivity contribution in [3.8, 4) is 0 Å². The van der Waals surface area contributed by atoms with Gasteiger partial charge in [0.1, 0.15) is 12.1 Å². The van der Waals surface area contributed by atoms with Crippen LogP contribution in [0.4, 0.5) is 0 Å². The fourth-order valence-electron chi connectivity index (χ4n) is 3.12. The molecule has 1 aliphatic rings. The first-order valence-corrected chi connectivity index (χ1v) is 8.20. The smallest absolute Gasteiger partial charge is 0.323 e. The maximum absolute atomic E-state index is 12.4. The van der Waals surface area contributed by atoms with Gasteiger partial charge < -0.3 is 4.74 Å². The second-order valence-corrected chi connectivity index (χ2v) is 6.44. The van der Waals surface area contributed by atoms with Gasteiger partial charge in [-0.2, -0.15) is 0 Å². The lowest BCUT2D eigenvalue weighted by molar-refractivity contribution is -0.163. The average Bonchev–Trinajstić information content (AvgIpc) is 2.58. The Balaban J connectivity index is 1.83. The Kier molecular flexibility index (Phi) is 4.77. The van der Waals surface area contributed by atoms with E-state index < -0.39 is 0 Å². The molecule has 1 N–H and O–H groups in total. The van der Waals surface area contributed by atoms with Gasteiger partial charge in [-0.15, -0.1) is 0 Å². The molecule has 1 fully saturated rings. The molecule has 3 rings (SSSR count). The van der Waals surface area contributed by atoms with Gasteiger partial charge in [0.05, 0.1) is 6.04 Å². The van der Waals surface area contributed by atoms with Gasteiger partial charge in [0.25, 0.3) is 0 Å². The molecule has 23 heavy (non-hydrogen) atoms. The summed E-state index contributed by atoms with van der Waals surface area (Å²) in [5.74, 6) is 0.106. The number of morpholine rings is 1. The van der Waals surface area contributed by atoms with Crippen molar-refractivity contribution >= 4 is 5.97 Å². The summed E-state index contributed by atoms with van der Waals surface area (Å²) in [6.07, 6.45) is 0.505. The van der Waals surface area contributed by atoms with E-state index in [0.717, 1.165) is 11.1 Å². The van der Waals surface area contributed by atoms with E-state index in [2.05, 4.69) is 31.3 Å². The molecule has 0 bridgehead atoms. The van der Waals surface area contributed by atoms with Crippen LogP contribution in [0, 0.1) is 5.92 Å². The third-order valence-corrected chi connectivity index (χ3v) is 4.34. The number of carbonyl (C=O) groups is 1. The Bertz CT molecular complexity index is 639. The Hall–Kier alpha value is -2.13. The van der Waals surface area contributed by atoms with Gasteiger partial charge in [-0.3, -0.25) is 10.1 Å². The molecule has 0 aromatic heterocycles. The molecule has 0 amide bonds. The molecule has 0 unspecified atom stereocenters. The molecule has 2 aromatic rings. The standard InChI is InChI=1S/C20H23NO2/c1-14(2)19-18(16-11-7-4-8-12-16)21-17(20(22)23-19)13-15-9-5-3-6-10-15/h3-12,14,17-19,21H,13H2,1-2H3/t17-,18+,19-/m0/s1. The van der Waals surface area contributed by atoms with Crippen LogP contribution in [0.5, 0.6) is 0 Å². The first kappa shape index (κ1) is 15.8. The number of nitrogens with one attached hydrogen (secondary N) is 1. The Morgan fingerprint density at radius 3 is 2.22 bits per heavy atom. The van der Waals surface area contributed by atoms with Crippen molar-refractivity contribution in [1.29, 1.82) is 0 Å². The Morgan fingerprint density at radius 1 is 1.00 bits per heavy atom. The number of esters is 1. The van der Waals surface area contributed by atoms with E-state index in [9.17, 15) is 4.79 Å². The minimum absolute atomic E-state index is 0.0302. The van der Waals surface area contributed by atoms with Crippen LogP contribution in [-0.4, -0.2) is 18.1 Å². The third-order valence-electron chi connectivity index (χ3n) is 4.34. The van der Waals surface area contributed by atoms with Gasteiger partial charge in [-0.25, -0.2) is 0 Å². The molecule has 0 aliphatic carbocycles. The van der Waals surface area contributed by atoms with Crippen LogP contribution in [0.2, 0.25) is 0 Å². The molecule has 1 saturated heterocycles. The largest absolute Gasteiger partial charge is 0.459 e. The summed E-state index contributed by atoms with van der Waals surface area (Å²) in [4.78, 5) is 12.4. The lowest BCUT2D eigenvalue weighted by atomic mass is 9.90. The zero-order valence-electron chi connectivity index (χ0n) is 13.6. The van der Waals surface area contributed by atoms with Crippen LogP contribution < -0.4 is 5.32 Å². The highest BCUT2D eigenvalue weighted by Crippen LogP contribution is 2.29. The Morgan fingerprint density at radius 2 is 1.61 bits per heavy atom. The van der Waals surface area contributed by atoms with Crippen molar-refractivity contribution < 1.29 is 9.53 Å². The number of rotatable bonds is 4. The van der Waals surface area contributed by atoms with Gasteiger partial charge >= 0.3 is 5.97 Å². The van der Waals surface area contributed by atoms with Crippen molar-refractivity contribution in [2.75, 3.05) is 0 Å². The van der Waals surface area contributed by atoms with Crippen LogP contribution in [0.15, 0.2) is 60.7 Å². The first-order valence-electron chi connectivity index (χ1n) is 8.20. The molecule has 120 valence electrons. The molecule has 1 aliphatic heterocycles. The zero-order chi connectivity index (χ0) is 16.2. The lowest BCUT2D eigenvalue weighted by Crippen LogP contribution is -2.54. The molecule has 0 spiro atoms. The molecule has 0 saturated carbocycles. The summed E-state index contributed by atoms with van der Waals surface area (Å²) in [6.45, 7) is 4.18. The SMILES string of the molecule is CC(C)[C@@H]1OC(=O)[C@H](Cc2ccccc2)N[C@@H]1c1ccccc1. The predicted octanol–water partition coefficient (Wildman–Crippen LogP) is 3.51. The van der Waals surface area contributed by atoms with E-state index >= 15 is 0 Å². The summed E-state index contributed by atoms with van der Waals surface area (Å²) < 4.78 is 5.80. The maximum Gasteiger partial charge on any atom is 0.323 e. The molecule has 2 aromatic carbocycles. The monoisotopic (exact) mass is 309 g/mol. The first-order chi connectivity index (χ1) is 11.1. The maximum atomic E-state index is 12.4. The molecule has 3 atom stereocenters. The van der Waals surface area contributed by atoms with Gasteiger partial charge in [0, 0.05) is 0 Å². The third kappa shape index (κ3) is 3.62. The molecule has 0 radical (unpaired) electrons. The quantitative estimate of drug-likeness (QED) is 0.878. The van der Waals surface area contributed by atoms with Crippen LogP contribution in [0.1, 0.15) is 31.0 Å². The summed E-state index contributed by atoms with van der Waals surface area (Å²) in [6, 6.07) is 20.0. The molecular formula is C20H23NO2. The van der Waals surface area contributed by atoms with Gasteiger partial charge in [0.2, 0.25) is 0 Å². The Labute approximate surface area is 137 Å². The second kappa shape index (κ2) is 6.97. The minimum Gasteiger partial charge on any atom is -0.459 e. The topological polar surface area (TPSA) is 38.3 Å². The van der Waals surface area contributed by atoms with Crippen LogP contribution in [0.3, 0.4) is 0 Å². The highest BCUT2D eigenvalue weighted by Gasteiger charge is 2.39. The number of carbonyl (C=O) groups excluding carboxylic acids is 1. The molecule has 3 heteroatoms. The minimum atomic E-state index is -0.308. The van der Waals surface area contributed by atoms with Crippen LogP contribution >= 0.6 is 0 Å². The summed E-state index contributed by atoms with van der Waals surface area (Å²) in [5.41, 5.74) is 2.30. The summed E-state index contributed by atoms with van der Waals surface area (Å²) >= 11 is 0.